The first-order valence-corrected chi connectivity index (χ1v) is 22.9. The third-order valence-corrected chi connectivity index (χ3v) is 10.8. The van der Waals surface area contributed by atoms with Gasteiger partial charge in [0.25, 0.3) is 11.6 Å². The van der Waals surface area contributed by atoms with Gasteiger partial charge in [-0.1, -0.05) is 85.9 Å². The number of aromatic amines is 2. The quantitative estimate of drug-likeness (QED) is 0.0471. The van der Waals surface area contributed by atoms with Gasteiger partial charge in [-0.2, -0.15) is 10.2 Å². The van der Waals surface area contributed by atoms with Crippen LogP contribution in [0.5, 0.6) is 11.5 Å². The van der Waals surface area contributed by atoms with Crippen molar-refractivity contribution in [1.29, 1.82) is 0 Å². The van der Waals surface area contributed by atoms with Gasteiger partial charge in [0.1, 0.15) is 17.1 Å². The van der Waals surface area contributed by atoms with E-state index in [9.17, 15) is 4.79 Å². The van der Waals surface area contributed by atoms with Crippen LogP contribution in [0.3, 0.4) is 0 Å². The average molecular weight is 950 g/mol. The van der Waals surface area contributed by atoms with Crippen LogP contribution >= 0.6 is 0 Å². The van der Waals surface area contributed by atoms with E-state index in [0.29, 0.717) is 48.5 Å². The van der Waals surface area contributed by atoms with Crippen LogP contribution in [-0.2, 0) is 30.5 Å². The molecule has 4 N–H and O–H groups in total. The molecule has 4 aromatic carbocycles. The first-order valence-electron chi connectivity index (χ1n) is 22.9. The van der Waals surface area contributed by atoms with Crippen molar-refractivity contribution >= 4 is 41.0 Å². The lowest BCUT2D eigenvalue weighted by atomic mass is 10.0. The van der Waals surface area contributed by atoms with E-state index in [1.807, 2.05) is 81.4 Å². The Labute approximate surface area is 413 Å². The smallest absolute Gasteiger partial charge is 0.410 e. The number of unbranched alkanes of at least 4 members (excludes halogenated alkanes) is 1. The number of aromatic nitrogens is 8. The molecule has 1 amide bonds. The van der Waals surface area contributed by atoms with Gasteiger partial charge in [-0.15, -0.1) is 9.97 Å². The molecule has 0 aliphatic rings. The highest BCUT2D eigenvalue weighted by Crippen LogP contribution is 2.33. The van der Waals surface area contributed by atoms with Gasteiger partial charge in [0.15, 0.2) is 35.7 Å². The van der Waals surface area contributed by atoms with Crippen molar-refractivity contribution in [2.75, 3.05) is 31.4 Å². The van der Waals surface area contributed by atoms with Gasteiger partial charge >= 0.3 is 6.09 Å². The summed E-state index contributed by atoms with van der Waals surface area (Å²) in [5, 5.41) is 20.8. The Morgan fingerprint density at radius 2 is 1.07 bits per heavy atom. The molecule has 71 heavy (non-hydrogen) atoms. The number of ether oxygens (including phenoxy) is 3. The van der Waals surface area contributed by atoms with Crippen LogP contribution in [-0.4, -0.2) is 77.7 Å². The molecule has 0 saturated carbocycles. The van der Waals surface area contributed by atoms with Crippen molar-refractivity contribution < 1.29 is 19.0 Å². The zero-order valence-electron chi connectivity index (χ0n) is 40.3. The summed E-state index contributed by atoms with van der Waals surface area (Å²) in [5.74, 6) is 4.12. The van der Waals surface area contributed by atoms with Gasteiger partial charge in [0, 0.05) is 36.3 Å². The van der Waals surface area contributed by atoms with Crippen molar-refractivity contribution in [2.45, 2.75) is 65.0 Å². The fraction of sp³-hybridized carbons (Fsp3) is 0.241. The number of nitrogens with zero attached hydrogens (tertiary/aromatic N) is 9. The summed E-state index contributed by atoms with van der Waals surface area (Å²) in [6.45, 7) is 20.5. The van der Waals surface area contributed by atoms with E-state index in [0.717, 1.165) is 65.1 Å². The van der Waals surface area contributed by atoms with Crippen molar-refractivity contribution in [3.8, 4) is 34.0 Å². The molecule has 0 unspecified atom stereocenters. The molecule has 17 heteroatoms. The Hall–Kier alpha value is -9.09. The maximum atomic E-state index is 13.0. The monoisotopic (exact) mass is 949 g/mol. The standard InChI is InChI=1S/C29H31N7O3.C25H24N6O/c1-29(2,3)39-28(37)36(19-21-9-7-6-8-10-21)14-13-20-11-12-22(24(15-20)38-5)23-16-25(35-34-23)33-27-18-31-26(30-4)17-32-27;1-26-24-16-28-25(17-27-24)29-23-15-21(30-31-23)20-13-12-19(14-22(20)32-2)11-7-6-10-18-8-4-3-5-9-18/h6-12,15-18H,13-14,19H2,1-3,5H3,(H2,32,33,34,35);3-5,8-9,12-17H,6-7,10-11H2,2H3,(H2,28,29,30,31). The van der Waals surface area contributed by atoms with Crippen molar-refractivity contribution in [2.24, 2.45) is 0 Å². The summed E-state index contributed by atoms with van der Waals surface area (Å²) >= 11 is 0. The van der Waals surface area contributed by atoms with E-state index in [4.69, 9.17) is 27.4 Å². The molecule has 0 fully saturated rings. The Kier molecular flexibility index (Phi) is 17.0. The lowest BCUT2D eigenvalue weighted by Gasteiger charge is -2.27. The Morgan fingerprint density at radius 3 is 1.52 bits per heavy atom. The SMILES string of the molecule is [C-]#[N+]c1cnc(Nc2cc(-c3ccc(CCCCc4ccccc4)cc3OC)[nH]n2)cn1.[C-]#[N+]c1cnc(Nc2cc(-c3ccc(CCN(Cc4ccccc4)C(=O)OC(C)(C)C)cc3OC)[nH]n2)cn1. The number of benzene rings is 4. The van der Waals surface area contributed by atoms with E-state index in [1.54, 1.807) is 19.1 Å². The van der Waals surface area contributed by atoms with Crippen molar-refractivity contribution in [3.05, 3.63) is 179 Å². The zero-order chi connectivity index (χ0) is 50.0. The molecular formula is C54H55N13O4. The lowest BCUT2D eigenvalue weighted by molar-refractivity contribution is 0.0235. The Balaban J connectivity index is 0.000000213. The largest absolute Gasteiger partial charge is 0.496 e. The van der Waals surface area contributed by atoms with E-state index in [-0.39, 0.29) is 17.7 Å². The number of carbonyl (C=O) groups excluding carboxylic acids is 1. The highest BCUT2D eigenvalue weighted by atomic mass is 16.6. The number of H-pyrrole nitrogens is 2. The molecule has 0 atom stereocenters. The average Bonchev–Trinajstić information content (AvgIpc) is 4.07. The number of methoxy groups -OCH3 is 2. The second-order valence-electron chi connectivity index (χ2n) is 17.2. The molecule has 0 bridgehead atoms. The second kappa shape index (κ2) is 24.3. The molecule has 0 radical (unpaired) electrons. The van der Waals surface area contributed by atoms with E-state index in [2.05, 4.69) is 109 Å². The van der Waals surface area contributed by atoms with Crippen molar-refractivity contribution in [3.63, 3.8) is 0 Å². The highest BCUT2D eigenvalue weighted by molar-refractivity contribution is 5.72. The minimum Gasteiger partial charge on any atom is -0.496 e. The van der Waals surface area contributed by atoms with Crippen molar-refractivity contribution in [1.82, 2.24) is 45.2 Å². The molecule has 17 nitrogen and oxygen atoms in total. The maximum Gasteiger partial charge on any atom is 0.410 e. The van der Waals surface area contributed by atoms with E-state index >= 15 is 0 Å². The van der Waals surface area contributed by atoms with Gasteiger partial charge in [0.05, 0.1) is 38.0 Å². The summed E-state index contributed by atoms with van der Waals surface area (Å²) < 4.78 is 17.0. The first kappa shape index (κ1) is 49.8. The molecule has 8 aromatic rings. The number of hydrogen-bond acceptors (Lipinski definition) is 12. The third kappa shape index (κ3) is 14.7. The van der Waals surface area contributed by atoms with Gasteiger partial charge in [0.2, 0.25) is 0 Å². The van der Waals surface area contributed by atoms with Crippen LogP contribution in [0.25, 0.3) is 32.2 Å². The van der Waals surface area contributed by atoms with Crippen LogP contribution < -0.4 is 20.1 Å². The summed E-state index contributed by atoms with van der Waals surface area (Å²) in [6, 6.07) is 36.4. The van der Waals surface area contributed by atoms with Gasteiger partial charge in [-0.3, -0.25) is 10.2 Å². The number of rotatable bonds is 18. The highest BCUT2D eigenvalue weighted by Gasteiger charge is 2.23. The Bertz CT molecular complexity index is 3050. The molecule has 4 aromatic heterocycles. The Morgan fingerprint density at radius 1 is 0.592 bits per heavy atom. The lowest BCUT2D eigenvalue weighted by Crippen LogP contribution is -2.37. The van der Waals surface area contributed by atoms with Crippen LogP contribution in [0, 0.1) is 13.1 Å². The zero-order valence-corrected chi connectivity index (χ0v) is 40.3. The first-order chi connectivity index (χ1) is 34.5. The predicted octanol–water partition coefficient (Wildman–Crippen LogP) is 11.9. The minimum absolute atomic E-state index is 0.224. The number of amides is 1. The van der Waals surface area contributed by atoms with Crippen LogP contribution in [0.1, 0.15) is 55.9 Å². The minimum atomic E-state index is -0.581. The molecule has 8 rings (SSSR count). The fourth-order valence-corrected chi connectivity index (χ4v) is 7.36. The van der Waals surface area contributed by atoms with Gasteiger partial charge < -0.3 is 39.4 Å². The molecule has 0 aliphatic carbocycles. The van der Waals surface area contributed by atoms with Gasteiger partial charge in [-0.25, -0.2) is 14.8 Å². The van der Waals surface area contributed by atoms with E-state index in [1.165, 1.54) is 35.9 Å². The van der Waals surface area contributed by atoms with Crippen LogP contribution in [0.15, 0.2) is 134 Å². The number of aryl methyl sites for hydroxylation is 2. The molecule has 360 valence electrons. The second-order valence-corrected chi connectivity index (χ2v) is 17.2. The number of nitrogens with one attached hydrogen (secondary N) is 4. The van der Waals surface area contributed by atoms with Crippen LogP contribution in [0.2, 0.25) is 0 Å². The predicted molar refractivity (Wildman–Crippen MR) is 274 cm³/mol. The van der Waals surface area contributed by atoms with Gasteiger partial charge in [-0.05, 0) is 99.4 Å². The summed E-state index contributed by atoms with van der Waals surface area (Å²) in [4.78, 5) is 37.5. The third-order valence-electron chi connectivity index (χ3n) is 10.8. The maximum absolute atomic E-state index is 13.0. The number of hydrogen-bond donors (Lipinski definition) is 4. The number of carbonyl (C=O) groups is 1. The molecular weight excluding hydrogens is 895 g/mol. The molecule has 0 spiro atoms. The molecule has 4 heterocycles. The normalized spacial score (nSPS) is 10.7. The topological polar surface area (TPSA) is 190 Å². The summed E-state index contributed by atoms with van der Waals surface area (Å²) in [7, 11) is 3.30. The van der Waals surface area contributed by atoms with E-state index < -0.39 is 5.60 Å². The molecule has 0 saturated heterocycles. The molecule has 0 aliphatic heterocycles. The fourth-order valence-electron chi connectivity index (χ4n) is 7.36. The summed E-state index contributed by atoms with van der Waals surface area (Å²) in [6.07, 6.45) is 10.5. The summed E-state index contributed by atoms with van der Waals surface area (Å²) in [5.41, 5.74) is 7.49. The number of anilines is 4. The van der Waals surface area contributed by atoms with Crippen LogP contribution in [0.4, 0.5) is 39.7 Å².